The molecule has 0 amide bonds. The molecule has 0 N–H and O–H groups in total. The molecule has 0 saturated heterocycles. The molecule has 4 saturated carbocycles. The van der Waals surface area contributed by atoms with Crippen molar-refractivity contribution in [3.05, 3.63) is 11.6 Å². The van der Waals surface area contributed by atoms with E-state index in [1.807, 2.05) is 0 Å². The monoisotopic (exact) mass is 554 g/mol. The number of fused-ring (bicyclic) bond motifs is 7. The van der Waals surface area contributed by atoms with Crippen LogP contribution in [0.5, 0.6) is 0 Å². The first-order valence-electron chi connectivity index (χ1n) is 17.0. The van der Waals surface area contributed by atoms with Crippen molar-refractivity contribution in [1.29, 1.82) is 0 Å². The van der Waals surface area contributed by atoms with Crippen LogP contribution in [0.1, 0.15) is 133 Å². The van der Waals surface area contributed by atoms with Crippen molar-refractivity contribution >= 4 is 14.6 Å². The zero-order valence-electron chi connectivity index (χ0n) is 27.5. The third-order valence-corrected chi connectivity index (χ3v) is 19.9. The second-order valence-electron chi connectivity index (χ2n) is 17.3. The van der Waals surface area contributed by atoms with Gasteiger partial charge in [-0.1, -0.05) is 80.9 Å². The van der Waals surface area contributed by atoms with E-state index >= 15 is 0 Å². The van der Waals surface area contributed by atoms with E-state index < -0.39 is 8.32 Å². The summed E-state index contributed by atoms with van der Waals surface area (Å²) < 4.78 is 7.30. The molecule has 0 spiro atoms. The third kappa shape index (κ3) is 4.11. The van der Waals surface area contributed by atoms with Crippen LogP contribution in [0.3, 0.4) is 0 Å². The minimum Gasteiger partial charge on any atom is -0.413 e. The number of hydrogen-bond acceptors (Lipinski definition) is 2. The summed E-state index contributed by atoms with van der Waals surface area (Å²) in [5.41, 5.74) is 3.07. The molecule has 39 heavy (non-hydrogen) atoms. The quantitative estimate of drug-likeness (QED) is 0.185. The first kappa shape index (κ1) is 30.1. The lowest BCUT2D eigenvalue weighted by Gasteiger charge is -2.71. The van der Waals surface area contributed by atoms with Crippen molar-refractivity contribution in [3.8, 4) is 0 Å². The summed E-state index contributed by atoms with van der Waals surface area (Å²) in [4.78, 5) is 12.7. The van der Waals surface area contributed by atoms with Gasteiger partial charge in [0, 0.05) is 5.41 Å². The maximum atomic E-state index is 12.7. The topological polar surface area (TPSA) is 26.3 Å². The van der Waals surface area contributed by atoms with Gasteiger partial charge in [0.2, 0.25) is 0 Å². The molecule has 0 aromatic rings. The first-order valence-corrected chi connectivity index (χ1v) is 19.5. The SMILES string of the molecule is CC[Si](CC)(CC)OC1CC[C@@]2(C)C(CC[C@]3(C)C2CC=C2[C@@H]4CC(C)(C)CC[C@]4(C=O)CC[C@@]23C)C1(C)C. The molecule has 3 unspecified atom stereocenters. The van der Waals surface area contributed by atoms with Gasteiger partial charge >= 0.3 is 0 Å². The van der Waals surface area contributed by atoms with E-state index in [1.54, 1.807) is 5.57 Å². The minimum absolute atomic E-state index is 0.100. The summed E-state index contributed by atoms with van der Waals surface area (Å²) in [6.45, 7) is 25.3. The molecule has 222 valence electrons. The Labute approximate surface area is 243 Å². The van der Waals surface area contributed by atoms with Crippen molar-refractivity contribution in [1.82, 2.24) is 0 Å². The lowest BCUT2D eigenvalue weighted by molar-refractivity contribution is -0.200. The summed E-state index contributed by atoms with van der Waals surface area (Å²) in [6.07, 6.45) is 16.8. The van der Waals surface area contributed by atoms with Gasteiger partial charge in [-0.3, -0.25) is 0 Å². The Morgan fingerprint density at radius 2 is 1.49 bits per heavy atom. The highest BCUT2D eigenvalue weighted by molar-refractivity contribution is 6.73. The lowest BCUT2D eigenvalue weighted by atomic mass is 9.33. The predicted octanol–water partition coefficient (Wildman–Crippen LogP) is 10.4. The van der Waals surface area contributed by atoms with Gasteiger partial charge in [0.05, 0.1) is 6.10 Å². The number of rotatable bonds is 6. The van der Waals surface area contributed by atoms with Crippen LogP contribution < -0.4 is 0 Å². The molecule has 5 aliphatic carbocycles. The van der Waals surface area contributed by atoms with Gasteiger partial charge < -0.3 is 9.22 Å². The Morgan fingerprint density at radius 3 is 2.10 bits per heavy atom. The van der Waals surface area contributed by atoms with E-state index in [4.69, 9.17) is 4.43 Å². The zero-order chi connectivity index (χ0) is 28.7. The standard InChI is InChI=1S/C36H62O2Si/c1-11-39(12-2,13-3)38-30-17-18-33(8)28(32(30,6)7)16-19-35(10)29(33)15-14-26-27-24-31(4,5)20-22-36(27,25-37)23-21-34(26,35)9/h14,25,27-30H,11-13,15-24H2,1-10H3/t27-,28?,29?,30?,33-,34-,35+,36+/m0/s1. The van der Waals surface area contributed by atoms with E-state index in [2.05, 4.69) is 75.3 Å². The molecule has 0 aromatic heterocycles. The Balaban J connectivity index is 1.49. The number of aldehydes is 1. The Morgan fingerprint density at radius 1 is 0.846 bits per heavy atom. The van der Waals surface area contributed by atoms with Gasteiger partial charge in [-0.2, -0.15) is 0 Å². The van der Waals surface area contributed by atoms with Gasteiger partial charge in [0.25, 0.3) is 0 Å². The Kier molecular flexibility index (Phi) is 7.36. The van der Waals surface area contributed by atoms with Crippen LogP contribution in [0, 0.1) is 50.2 Å². The summed E-state index contributed by atoms with van der Waals surface area (Å²) >= 11 is 0. The van der Waals surface area contributed by atoms with Crippen molar-refractivity contribution in [2.75, 3.05) is 0 Å². The fourth-order valence-corrected chi connectivity index (χ4v) is 15.0. The fraction of sp³-hybridized carbons (Fsp3) is 0.917. The molecule has 5 aliphatic rings. The van der Waals surface area contributed by atoms with Gasteiger partial charge in [-0.05, 0) is 127 Å². The predicted molar refractivity (Wildman–Crippen MR) is 167 cm³/mol. The molecular weight excluding hydrogens is 492 g/mol. The van der Waals surface area contributed by atoms with E-state index in [0.29, 0.717) is 28.3 Å². The molecule has 0 radical (unpaired) electrons. The van der Waals surface area contributed by atoms with Gasteiger partial charge in [0.15, 0.2) is 8.32 Å². The fourth-order valence-electron chi connectivity index (χ4n) is 12.0. The average Bonchev–Trinajstić information content (AvgIpc) is 2.89. The molecule has 0 aromatic carbocycles. The van der Waals surface area contributed by atoms with E-state index in [-0.39, 0.29) is 16.2 Å². The number of carbonyl (C=O) groups is 1. The highest BCUT2D eigenvalue weighted by Gasteiger charge is 2.68. The molecule has 4 fully saturated rings. The number of carbonyl (C=O) groups excluding carboxylic acids is 1. The van der Waals surface area contributed by atoms with Crippen molar-refractivity contribution in [3.63, 3.8) is 0 Å². The van der Waals surface area contributed by atoms with Crippen molar-refractivity contribution in [2.24, 2.45) is 50.2 Å². The van der Waals surface area contributed by atoms with Gasteiger partial charge in [-0.25, -0.2) is 0 Å². The highest BCUT2D eigenvalue weighted by Crippen LogP contribution is 2.75. The number of allylic oxidation sites excluding steroid dienone is 2. The average molecular weight is 555 g/mol. The summed E-state index contributed by atoms with van der Waals surface area (Å²) in [5, 5.41) is 0. The van der Waals surface area contributed by atoms with Crippen LogP contribution in [0.4, 0.5) is 0 Å². The molecule has 8 atom stereocenters. The molecule has 0 aliphatic heterocycles. The third-order valence-electron chi connectivity index (χ3n) is 15.2. The molecule has 0 heterocycles. The Hall–Kier alpha value is -0.413. The van der Waals surface area contributed by atoms with Crippen LogP contribution in [-0.4, -0.2) is 20.7 Å². The van der Waals surface area contributed by atoms with E-state index in [1.165, 1.54) is 75.8 Å². The highest BCUT2D eigenvalue weighted by atomic mass is 28.4. The summed E-state index contributed by atoms with van der Waals surface area (Å²) in [7, 11) is -1.64. The van der Waals surface area contributed by atoms with Gasteiger partial charge in [-0.15, -0.1) is 0 Å². The normalized spacial score (nSPS) is 46.7. The second-order valence-corrected chi connectivity index (χ2v) is 22.0. The van der Waals surface area contributed by atoms with E-state index in [0.717, 1.165) is 24.7 Å². The van der Waals surface area contributed by atoms with Gasteiger partial charge in [0.1, 0.15) is 6.29 Å². The maximum Gasteiger partial charge on any atom is 0.192 e. The molecule has 0 bridgehead atoms. The lowest BCUT2D eigenvalue weighted by Crippen LogP contribution is -2.65. The smallest absolute Gasteiger partial charge is 0.192 e. The van der Waals surface area contributed by atoms with Crippen molar-refractivity contribution in [2.45, 2.75) is 158 Å². The van der Waals surface area contributed by atoms with Crippen LogP contribution in [-0.2, 0) is 9.22 Å². The molecule has 2 nitrogen and oxygen atoms in total. The van der Waals surface area contributed by atoms with E-state index in [9.17, 15) is 4.79 Å². The minimum atomic E-state index is -1.64. The maximum absolute atomic E-state index is 12.7. The largest absolute Gasteiger partial charge is 0.413 e. The zero-order valence-corrected chi connectivity index (χ0v) is 28.5. The van der Waals surface area contributed by atoms with Crippen molar-refractivity contribution < 1.29 is 9.22 Å². The van der Waals surface area contributed by atoms with Crippen LogP contribution in [0.25, 0.3) is 0 Å². The Bertz CT molecular complexity index is 984. The second kappa shape index (κ2) is 9.55. The number of hydrogen-bond donors (Lipinski definition) is 0. The van der Waals surface area contributed by atoms with Crippen LogP contribution in [0.15, 0.2) is 11.6 Å². The first-order chi connectivity index (χ1) is 18.1. The summed E-state index contributed by atoms with van der Waals surface area (Å²) in [6, 6.07) is 3.75. The molecular formula is C36H62O2Si. The van der Waals surface area contributed by atoms with Crippen LogP contribution in [0.2, 0.25) is 18.1 Å². The molecule has 3 heteroatoms. The molecule has 5 rings (SSSR count). The van der Waals surface area contributed by atoms with Crippen LogP contribution >= 0.6 is 0 Å². The summed E-state index contributed by atoms with van der Waals surface area (Å²) in [5.74, 6) is 1.91.